The molecule has 2 nitrogen and oxygen atoms in total. The summed E-state index contributed by atoms with van der Waals surface area (Å²) in [6, 6.07) is 5.91. The van der Waals surface area contributed by atoms with Crippen LogP contribution in [-0.4, -0.2) is 10.4 Å². The zero-order valence-electron chi connectivity index (χ0n) is 10.4. The van der Waals surface area contributed by atoms with Crippen molar-refractivity contribution in [3.05, 3.63) is 35.0 Å². The third kappa shape index (κ3) is 1.76. The van der Waals surface area contributed by atoms with Gasteiger partial charge >= 0.3 is 0 Å². The highest BCUT2D eigenvalue weighted by Gasteiger charge is 2.27. The summed E-state index contributed by atoms with van der Waals surface area (Å²) >= 11 is 6.32. The van der Waals surface area contributed by atoms with Crippen molar-refractivity contribution in [3.63, 3.8) is 0 Å². The molecule has 1 heterocycles. The van der Waals surface area contributed by atoms with E-state index in [1.807, 2.05) is 19.2 Å². The molecule has 18 heavy (non-hydrogen) atoms. The van der Waals surface area contributed by atoms with Crippen molar-refractivity contribution in [2.75, 3.05) is 0 Å². The van der Waals surface area contributed by atoms with Crippen molar-refractivity contribution < 1.29 is 4.79 Å². The minimum absolute atomic E-state index is 0.0438. The van der Waals surface area contributed by atoms with E-state index in [1.54, 1.807) is 0 Å². The van der Waals surface area contributed by atoms with Crippen LogP contribution in [-0.2, 0) is 11.8 Å². The molecule has 0 radical (unpaired) electrons. The number of fused-ring (bicyclic) bond motifs is 1. The number of nitrogens with zero attached hydrogens (tertiary/aromatic N) is 1. The average Bonchev–Trinajstić information content (AvgIpc) is 2.69. The largest absolute Gasteiger partial charge is 0.350 e. The van der Waals surface area contributed by atoms with Gasteiger partial charge in [-0.05, 0) is 30.5 Å². The number of benzene rings is 1. The second kappa shape index (κ2) is 4.43. The fourth-order valence-electron chi connectivity index (χ4n) is 3.01. The quantitative estimate of drug-likeness (QED) is 0.759. The zero-order chi connectivity index (χ0) is 12.7. The topological polar surface area (TPSA) is 22.0 Å². The molecular formula is C15H16ClNO. The zero-order valence-corrected chi connectivity index (χ0v) is 11.2. The van der Waals surface area contributed by atoms with Gasteiger partial charge in [-0.3, -0.25) is 4.79 Å². The Labute approximate surface area is 112 Å². The maximum Gasteiger partial charge on any atom is 0.140 e. The SMILES string of the molecule is Cn1cc(C2CCCCC2=O)c2c(Cl)cccc21. The molecule has 0 N–H and O–H groups in total. The fourth-order valence-corrected chi connectivity index (χ4v) is 3.29. The minimum atomic E-state index is 0.0438. The van der Waals surface area contributed by atoms with Crippen molar-refractivity contribution in [2.24, 2.45) is 7.05 Å². The van der Waals surface area contributed by atoms with Crippen LogP contribution in [0.3, 0.4) is 0 Å². The van der Waals surface area contributed by atoms with Gasteiger partial charge in [-0.15, -0.1) is 0 Å². The summed E-state index contributed by atoms with van der Waals surface area (Å²) in [6.07, 6.45) is 5.92. The molecule has 1 aromatic heterocycles. The number of ketones is 1. The Morgan fingerprint density at radius 2 is 2.17 bits per heavy atom. The third-order valence-electron chi connectivity index (χ3n) is 3.92. The Kier molecular flexibility index (Phi) is 2.90. The van der Waals surface area contributed by atoms with Gasteiger partial charge in [0, 0.05) is 36.5 Å². The second-order valence-corrected chi connectivity index (χ2v) is 5.50. The molecule has 1 aliphatic rings. The second-order valence-electron chi connectivity index (χ2n) is 5.09. The standard InChI is InChI=1S/C15H16ClNO/c1-17-9-11(10-5-2-3-8-14(10)18)15-12(16)6-4-7-13(15)17/h4,6-7,9-10H,2-3,5,8H2,1H3. The molecule has 0 spiro atoms. The van der Waals surface area contributed by atoms with Crippen LogP contribution < -0.4 is 0 Å². The summed E-state index contributed by atoms with van der Waals surface area (Å²) in [5.74, 6) is 0.413. The molecule has 1 aromatic carbocycles. The maximum atomic E-state index is 12.1. The Bertz CT molecular complexity index is 614. The summed E-state index contributed by atoms with van der Waals surface area (Å²) in [4.78, 5) is 12.1. The summed E-state index contributed by atoms with van der Waals surface area (Å²) in [7, 11) is 2.01. The Hall–Kier alpha value is -1.28. The van der Waals surface area contributed by atoms with E-state index in [1.165, 1.54) is 0 Å². The van der Waals surface area contributed by atoms with Crippen LogP contribution in [0, 0.1) is 0 Å². The number of aryl methyl sites for hydroxylation is 1. The van der Waals surface area contributed by atoms with Gasteiger partial charge in [0.25, 0.3) is 0 Å². The smallest absolute Gasteiger partial charge is 0.140 e. The lowest BCUT2D eigenvalue weighted by Gasteiger charge is -2.20. The van der Waals surface area contributed by atoms with E-state index in [2.05, 4.69) is 16.8 Å². The van der Waals surface area contributed by atoms with Crippen LogP contribution in [0.15, 0.2) is 24.4 Å². The molecular weight excluding hydrogens is 246 g/mol. The number of rotatable bonds is 1. The molecule has 1 unspecified atom stereocenters. The van der Waals surface area contributed by atoms with Crippen molar-refractivity contribution in [1.29, 1.82) is 0 Å². The Balaban J connectivity index is 2.20. The Morgan fingerprint density at radius 1 is 1.33 bits per heavy atom. The van der Waals surface area contributed by atoms with Crippen LogP contribution in [0.5, 0.6) is 0 Å². The highest BCUT2D eigenvalue weighted by molar-refractivity contribution is 6.35. The molecule has 2 aromatic rings. The summed E-state index contributed by atoms with van der Waals surface area (Å²) < 4.78 is 2.07. The van der Waals surface area contributed by atoms with Gasteiger partial charge < -0.3 is 4.57 Å². The van der Waals surface area contributed by atoms with E-state index in [0.717, 1.165) is 40.8 Å². The van der Waals surface area contributed by atoms with Crippen molar-refractivity contribution >= 4 is 28.3 Å². The molecule has 1 saturated carbocycles. The van der Waals surface area contributed by atoms with E-state index >= 15 is 0 Å². The molecule has 1 aliphatic carbocycles. The number of carbonyl (C=O) groups excluding carboxylic acids is 1. The fraction of sp³-hybridized carbons (Fsp3) is 0.400. The summed E-state index contributed by atoms with van der Waals surface area (Å²) in [5, 5.41) is 1.81. The molecule has 0 amide bonds. The van der Waals surface area contributed by atoms with Gasteiger partial charge in [0.15, 0.2) is 0 Å². The minimum Gasteiger partial charge on any atom is -0.350 e. The van der Waals surface area contributed by atoms with Gasteiger partial charge in [-0.1, -0.05) is 24.1 Å². The number of halogens is 1. The lowest BCUT2D eigenvalue weighted by molar-refractivity contribution is -0.121. The highest BCUT2D eigenvalue weighted by Crippen LogP contribution is 2.37. The van der Waals surface area contributed by atoms with E-state index in [0.29, 0.717) is 12.2 Å². The highest BCUT2D eigenvalue weighted by atomic mass is 35.5. The number of hydrogen-bond donors (Lipinski definition) is 0. The van der Waals surface area contributed by atoms with Gasteiger partial charge in [0.1, 0.15) is 5.78 Å². The molecule has 0 aliphatic heterocycles. The van der Waals surface area contributed by atoms with E-state index in [-0.39, 0.29) is 5.92 Å². The van der Waals surface area contributed by atoms with Gasteiger partial charge in [-0.25, -0.2) is 0 Å². The van der Waals surface area contributed by atoms with Gasteiger partial charge in [0.2, 0.25) is 0 Å². The first-order valence-electron chi connectivity index (χ1n) is 6.44. The molecule has 0 bridgehead atoms. The number of carbonyl (C=O) groups is 1. The van der Waals surface area contributed by atoms with Crippen LogP contribution in [0.2, 0.25) is 5.02 Å². The van der Waals surface area contributed by atoms with Crippen LogP contribution >= 0.6 is 11.6 Å². The normalized spacial score (nSPS) is 20.6. The number of hydrogen-bond acceptors (Lipinski definition) is 1. The lowest BCUT2D eigenvalue weighted by atomic mass is 9.83. The van der Waals surface area contributed by atoms with Gasteiger partial charge in [-0.2, -0.15) is 0 Å². The molecule has 1 atom stereocenters. The molecule has 1 fully saturated rings. The van der Waals surface area contributed by atoms with E-state index in [9.17, 15) is 4.79 Å². The van der Waals surface area contributed by atoms with Crippen LogP contribution in [0.25, 0.3) is 10.9 Å². The molecule has 3 heteroatoms. The van der Waals surface area contributed by atoms with Gasteiger partial charge in [0.05, 0.1) is 5.02 Å². The number of aromatic nitrogens is 1. The first-order valence-corrected chi connectivity index (χ1v) is 6.82. The van der Waals surface area contributed by atoms with Crippen molar-refractivity contribution in [2.45, 2.75) is 31.6 Å². The maximum absolute atomic E-state index is 12.1. The predicted molar refractivity (Wildman–Crippen MR) is 74.1 cm³/mol. The summed E-state index contributed by atoms with van der Waals surface area (Å²) in [6.45, 7) is 0. The van der Waals surface area contributed by atoms with Crippen LogP contribution in [0.4, 0.5) is 0 Å². The van der Waals surface area contributed by atoms with E-state index in [4.69, 9.17) is 11.6 Å². The average molecular weight is 262 g/mol. The summed E-state index contributed by atoms with van der Waals surface area (Å²) in [5.41, 5.74) is 2.22. The van der Waals surface area contributed by atoms with Crippen molar-refractivity contribution in [3.8, 4) is 0 Å². The monoisotopic (exact) mass is 261 g/mol. The molecule has 94 valence electrons. The molecule has 0 saturated heterocycles. The third-order valence-corrected chi connectivity index (χ3v) is 4.24. The Morgan fingerprint density at radius 3 is 2.94 bits per heavy atom. The first-order chi connectivity index (χ1) is 8.68. The molecule has 3 rings (SSSR count). The van der Waals surface area contributed by atoms with Crippen molar-refractivity contribution in [1.82, 2.24) is 4.57 Å². The number of Topliss-reactive ketones (excluding diaryl/α,β-unsaturated/α-hetero) is 1. The predicted octanol–water partition coefficient (Wildman–Crippen LogP) is 4.06. The lowest BCUT2D eigenvalue weighted by Crippen LogP contribution is -2.16. The van der Waals surface area contributed by atoms with Crippen LogP contribution in [0.1, 0.15) is 37.2 Å². The first kappa shape index (κ1) is 11.8. The van der Waals surface area contributed by atoms with E-state index < -0.39 is 0 Å².